The first kappa shape index (κ1) is 24.5. The molecule has 0 aliphatic heterocycles. The van der Waals surface area contributed by atoms with Crippen LogP contribution in [0.4, 0.5) is 5.69 Å². The highest BCUT2D eigenvalue weighted by atomic mass is 35.5. The van der Waals surface area contributed by atoms with Gasteiger partial charge in [-0.3, -0.25) is 14.3 Å². The maximum Gasteiger partial charge on any atom is 0.257 e. The molecule has 2 amide bonds. The summed E-state index contributed by atoms with van der Waals surface area (Å²) in [6, 6.07) is 21.2. The molecule has 2 N–H and O–H groups in total. The number of carbonyl (C=O) groups is 2. The third kappa shape index (κ3) is 5.89. The Morgan fingerprint density at radius 3 is 2.49 bits per heavy atom. The monoisotopic (exact) mass is 488 g/mol. The van der Waals surface area contributed by atoms with Gasteiger partial charge >= 0.3 is 0 Å². The summed E-state index contributed by atoms with van der Waals surface area (Å²) in [6.45, 7) is 6.62. The minimum absolute atomic E-state index is 0.0607. The topological polar surface area (TPSA) is 76.0 Å². The molecule has 1 aromatic heterocycles. The first-order valence-corrected chi connectivity index (χ1v) is 12.0. The van der Waals surface area contributed by atoms with Crippen molar-refractivity contribution in [1.29, 1.82) is 0 Å². The lowest BCUT2D eigenvalue weighted by Crippen LogP contribution is -2.34. The number of hydrogen-bond donors (Lipinski definition) is 2. The Labute approximate surface area is 210 Å². The van der Waals surface area contributed by atoms with Crippen molar-refractivity contribution in [2.75, 3.05) is 5.32 Å². The quantitative estimate of drug-likeness (QED) is 0.342. The minimum atomic E-state index is -0.489. The highest BCUT2D eigenvalue weighted by Crippen LogP contribution is 2.26. The van der Waals surface area contributed by atoms with E-state index in [1.54, 1.807) is 24.4 Å². The zero-order valence-corrected chi connectivity index (χ0v) is 20.9. The molecule has 4 rings (SSSR count). The lowest BCUT2D eigenvalue weighted by Gasteiger charge is -2.18. The zero-order chi connectivity index (χ0) is 25.0. The van der Waals surface area contributed by atoms with Crippen molar-refractivity contribution in [3.63, 3.8) is 0 Å². The van der Waals surface area contributed by atoms with Gasteiger partial charge < -0.3 is 10.6 Å². The van der Waals surface area contributed by atoms with Crippen LogP contribution in [0, 0.1) is 5.41 Å². The van der Waals surface area contributed by atoms with E-state index in [1.165, 1.54) is 5.56 Å². The van der Waals surface area contributed by atoms with Crippen LogP contribution in [-0.2, 0) is 24.3 Å². The van der Waals surface area contributed by atoms with Crippen molar-refractivity contribution < 1.29 is 9.59 Å². The number of amides is 2. The van der Waals surface area contributed by atoms with Crippen LogP contribution in [0.3, 0.4) is 0 Å². The van der Waals surface area contributed by atoms with E-state index < -0.39 is 5.41 Å². The average Bonchev–Trinajstić information content (AvgIpc) is 3.26. The molecule has 180 valence electrons. The molecule has 0 aliphatic carbocycles. The molecule has 1 heterocycles. The number of rotatable bonds is 7. The molecule has 0 aliphatic rings. The van der Waals surface area contributed by atoms with Gasteiger partial charge in [0.1, 0.15) is 0 Å². The minimum Gasteiger partial charge on any atom is -0.352 e. The summed E-state index contributed by atoms with van der Waals surface area (Å²) in [6.07, 6.45) is 2.64. The molecule has 0 saturated carbocycles. The highest BCUT2D eigenvalue weighted by Gasteiger charge is 2.21. The van der Waals surface area contributed by atoms with Gasteiger partial charge in [0.2, 0.25) is 5.91 Å². The molecule has 0 unspecified atom stereocenters. The molecule has 0 spiro atoms. The number of nitrogens with one attached hydrogen (secondary N) is 2. The van der Waals surface area contributed by atoms with E-state index >= 15 is 0 Å². The number of anilines is 1. The number of nitrogens with zero attached hydrogens (tertiary/aromatic N) is 2. The van der Waals surface area contributed by atoms with Gasteiger partial charge in [-0.05, 0) is 41.8 Å². The molecular formula is C28H29ClN4O2. The molecule has 35 heavy (non-hydrogen) atoms. The number of carbonyl (C=O) groups excluding carboxylic acids is 2. The lowest BCUT2D eigenvalue weighted by atomic mass is 9.95. The fourth-order valence-corrected chi connectivity index (χ4v) is 3.97. The first-order valence-electron chi connectivity index (χ1n) is 11.6. The Balaban J connectivity index is 1.49. The molecular weight excluding hydrogens is 460 g/mol. The Morgan fingerprint density at radius 2 is 1.74 bits per heavy atom. The summed E-state index contributed by atoms with van der Waals surface area (Å²) in [5, 5.41) is 11.6. The third-order valence-electron chi connectivity index (χ3n) is 5.80. The molecule has 0 radical (unpaired) electrons. The molecule has 0 bridgehead atoms. The largest absolute Gasteiger partial charge is 0.352 e. The average molecular weight is 489 g/mol. The van der Waals surface area contributed by atoms with Crippen LogP contribution in [0.1, 0.15) is 42.3 Å². The molecule has 0 fully saturated rings. The van der Waals surface area contributed by atoms with Crippen LogP contribution in [0.25, 0.3) is 10.9 Å². The third-order valence-corrected chi connectivity index (χ3v) is 6.13. The van der Waals surface area contributed by atoms with Crippen molar-refractivity contribution in [3.05, 3.63) is 94.6 Å². The second-order valence-electron chi connectivity index (χ2n) is 9.54. The Bertz CT molecular complexity index is 1360. The number of benzene rings is 3. The van der Waals surface area contributed by atoms with Crippen LogP contribution in [0.2, 0.25) is 5.02 Å². The first-order chi connectivity index (χ1) is 16.7. The Kier molecular flexibility index (Phi) is 7.22. The Hall–Kier alpha value is -3.64. The van der Waals surface area contributed by atoms with E-state index in [0.717, 1.165) is 29.4 Å². The lowest BCUT2D eigenvalue weighted by molar-refractivity contribution is -0.128. The fraction of sp³-hybridized carbons (Fsp3) is 0.250. The molecule has 6 nitrogen and oxygen atoms in total. The van der Waals surface area contributed by atoms with Crippen molar-refractivity contribution in [3.8, 4) is 0 Å². The second kappa shape index (κ2) is 10.3. The summed E-state index contributed by atoms with van der Waals surface area (Å²) in [5.41, 5.74) is 3.52. The molecule has 0 saturated heterocycles. The normalized spacial score (nSPS) is 11.4. The van der Waals surface area contributed by atoms with Gasteiger partial charge in [-0.1, -0.05) is 74.8 Å². The van der Waals surface area contributed by atoms with E-state index in [-0.39, 0.29) is 11.8 Å². The maximum absolute atomic E-state index is 13.1. The van der Waals surface area contributed by atoms with E-state index in [0.29, 0.717) is 22.8 Å². The smallest absolute Gasteiger partial charge is 0.257 e. The summed E-state index contributed by atoms with van der Waals surface area (Å²) < 4.78 is 1.95. The predicted molar refractivity (Wildman–Crippen MR) is 141 cm³/mol. The number of fused-ring (bicyclic) bond motifs is 1. The zero-order valence-electron chi connectivity index (χ0n) is 20.1. The van der Waals surface area contributed by atoms with Crippen molar-refractivity contribution in [2.24, 2.45) is 5.41 Å². The summed E-state index contributed by atoms with van der Waals surface area (Å²) >= 11 is 6.35. The number of halogens is 1. The predicted octanol–water partition coefficient (Wildman–Crippen LogP) is 5.85. The van der Waals surface area contributed by atoms with Gasteiger partial charge in [-0.25, -0.2) is 0 Å². The summed E-state index contributed by atoms with van der Waals surface area (Å²) in [5.74, 6) is -0.377. The van der Waals surface area contributed by atoms with Gasteiger partial charge in [-0.15, -0.1) is 0 Å². The fourth-order valence-electron chi connectivity index (χ4n) is 3.76. The maximum atomic E-state index is 13.1. The SMILES string of the molecule is CC(C)(C)C(=O)NCc1ccc(Cl)c(C(=O)Nc2cccc3c2cnn3CCc2ccccc2)c1. The summed E-state index contributed by atoms with van der Waals surface area (Å²) in [7, 11) is 0. The number of hydrogen-bond acceptors (Lipinski definition) is 3. The van der Waals surface area contributed by atoms with Crippen LogP contribution < -0.4 is 10.6 Å². The van der Waals surface area contributed by atoms with Crippen LogP contribution in [0.5, 0.6) is 0 Å². The van der Waals surface area contributed by atoms with Crippen molar-refractivity contribution in [2.45, 2.75) is 40.3 Å². The van der Waals surface area contributed by atoms with Gasteiger partial charge in [0.05, 0.1) is 28.0 Å². The standard InChI is InChI=1S/C28H29ClN4O2/c1-28(2,3)27(35)30-17-20-12-13-23(29)21(16-20)26(34)32-24-10-7-11-25-22(24)18-31-33(25)15-14-19-8-5-4-6-9-19/h4-13,16,18H,14-15,17H2,1-3H3,(H,30,35)(H,32,34). The van der Waals surface area contributed by atoms with E-state index in [1.807, 2.05) is 61.9 Å². The van der Waals surface area contributed by atoms with Crippen LogP contribution in [0.15, 0.2) is 72.9 Å². The van der Waals surface area contributed by atoms with Gasteiger partial charge in [0.25, 0.3) is 5.91 Å². The van der Waals surface area contributed by atoms with Gasteiger partial charge in [-0.2, -0.15) is 5.10 Å². The van der Waals surface area contributed by atoms with Gasteiger partial charge in [0.15, 0.2) is 0 Å². The van der Waals surface area contributed by atoms with E-state index in [2.05, 4.69) is 27.9 Å². The second-order valence-corrected chi connectivity index (χ2v) is 9.95. The summed E-state index contributed by atoms with van der Waals surface area (Å²) in [4.78, 5) is 25.3. The molecule has 0 atom stereocenters. The number of aromatic nitrogens is 2. The molecule has 3 aromatic carbocycles. The highest BCUT2D eigenvalue weighted by molar-refractivity contribution is 6.34. The van der Waals surface area contributed by atoms with Crippen molar-refractivity contribution in [1.82, 2.24) is 15.1 Å². The van der Waals surface area contributed by atoms with E-state index in [9.17, 15) is 9.59 Å². The van der Waals surface area contributed by atoms with Gasteiger partial charge in [0, 0.05) is 23.9 Å². The van der Waals surface area contributed by atoms with E-state index in [4.69, 9.17) is 11.6 Å². The molecule has 7 heteroatoms. The van der Waals surface area contributed by atoms with Crippen LogP contribution in [-0.4, -0.2) is 21.6 Å². The number of aryl methyl sites for hydroxylation is 2. The molecule has 4 aromatic rings. The van der Waals surface area contributed by atoms with Crippen molar-refractivity contribution >= 4 is 40.0 Å². The van der Waals surface area contributed by atoms with Crippen LogP contribution >= 0.6 is 11.6 Å². The Morgan fingerprint density at radius 1 is 0.971 bits per heavy atom.